The Hall–Kier alpha value is -2.62. The maximum atomic E-state index is 11.9. The Bertz CT molecular complexity index is 633. The van der Waals surface area contributed by atoms with Crippen molar-refractivity contribution >= 4 is 12.1 Å². The van der Waals surface area contributed by atoms with Crippen molar-refractivity contribution in [2.45, 2.75) is 13.8 Å². The first-order valence-corrected chi connectivity index (χ1v) is 6.82. The molecule has 21 heavy (non-hydrogen) atoms. The fraction of sp³-hybridized carbons (Fsp3) is 0.176. The fourth-order valence-corrected chi connectivity index (χ4v) is 1.83. The largest absolute Gasteiger partial charge is 0.494 e. The minimum Gasteiger partial charge on any atom is -0.494 e. The third-order valence-electron chi connectivity index (χ3n) is 2.99. The lowest BCUT2D eigenvalue weighted by molar-refractivity contribution is 0.0955. The second-order valence-corrected chi connectivity index (χ2v) is 4.51. The quantitative estimate of drug-likeness (QED) is 0.676. The van der Waals surface area contributed by atoms with E-state index in [9.17, 15) is 4.79 Å². The number of carbonyl (C=O) groups is 1. The van der Waals surface area contributed by atoms with Gasteiger partial charge in [0.15, 0.2) is 0 Å². The van der Waals surface area contributed by atoms with Gasteiger partial charge in [0.1, 0.15) is 5.75 Å². The number of aryl methyl sites for hydroxylation is 1. The van der Waals surface area contributed by atoms with Crippen molar-refractivity contribution in [3.63, 3.8) is 0 Å². The van der Waals surface area contributed by atoms with Crippen molar-refractivity contribution in [1.29, 1.82) is 0 Å². The minimum absolute atomic E-state index is 0.247. The first-order chi connectivity index (χ1) is 10.2. The molecule has 0 spiro atoms. The molecule has 2 aromatic carbocycles. The van der Waals surface area contributed by atoms with Gasteiger partial charge in [0.05, 0.1) is 12.8 Å². The number of benzene rings is 2. The molecule has 4 heteroatoms. The number of hydrogen-bond acceptors (Lipinski definition) is 3. The summed E-state index contributed by atoms with van der Waals surface area (Å²) in [5, 5.41) is 3.98. The second kappa shape index (κ2) is 7.24. The van der Waals surface area contributed by atoms with Crippen LogP contribution in [0, 0.1) is 6.92 Å². The van der Waals surface area contributed by atoms with E-state index < -0.39 is 0 Å². The van der Waals surface area contributed by atoms with Gasteiger partial charge >= 0.3 is 0 Å². The maximum Gasteiger partial charge on any atom is 0.271 e. The van der Waals surface area contributed by atoms with Crippen LogP contribution in [-0.2, 0) is 0 Å². The van der Waals surface area contributed by atoms with Crippen LogP contribution in [0.5, 0.6) is 5.75 Å². The average molecular weight is 282 g/mol. The second-order valence-electron chi connectivity index (χ2n) is 4.51. The highest BCUT2D eigenvalue weighted by atomic mass is 16.5. The number of hydrazone groups is 1. The van der Waals surface area contributed by atoms with Gasteiger partial charge in [-0.1, -0.05) is 24.3 Å². The number of hydrogen-bond donors (Lipinski definition) is 1. The summed E-state index contributed by atoms with van der Waals surface area (Å²) in [6, 6.07) is 14.8. The molecule has 0 aliphatic carbocycles. The fourth-order valence-electron chi connectivity index (χ4n) is 1.83. The number of ether oxygens (including phenoxy) is 1. The van der Waals surface area contributed by atoms with Crippen LogP contribution in [0.15, 0.2) is 53.6 Å². The molecule has 108 valence electrons. The van der Waals surface area contributed by atoms with Crippen LogP contribution >= 0.6 is 0 Å². The standard InChI is InChI=1S/C17H18N2O2/c1-3-21-16-10-8-14(9-11-16)17(20)19-18-12-15-7-5-4-6-13(15)2/h4-12H,3H2,1-2H3,(H,19,20)/b18-12-. The van der Waals surface area contributed by atoms with Crippen LogP contribution in [0.4, 0.5) is 0 Å². The molecular weight excluding hydrogens is 264 g/mol. The summed E-state index contributed by atoms with van der Waals surface area (Å²) in [4.78, 5) is 11.9. The van der Waals surface area contributed by atoms with Crippen LogP contribution in [0.1, 0.15) is 28.4 Å². The molecule has 2 rings (SSSR count). The number of nitrogens with zero attached hydrogens (tertiary/aromatic N) is 1. The van der Waals surface area contributed by atoms with Crippen molar-refractivity contribution in [3.05, 3.63) is 65.2 Å². The Morgan fingerprint density at radius 3 is 2.57 bits per heavy atom. The van der Waals surface area contributed by atoms with E-state index in [0.717, 1.165) is 16.9 Å². The summed E-state index contributed by atoms with van der Waals surface area (Å²) >= 11 is 0. The van der Waals surface area contributed by atoms with Crippen LogP contribution in [0.2, 0.25) is 0 Å². The van der Waals surface area contributed by atoms with Gasteiger partial charge in [-0.3, -0.25) is 4.79 Å². The number of nitrogens with one attached hydrogen (secondary N) is 1. The van der Waals surface area contributed by atoms with Crippen LogP contribution in [0.25, 0.3) is 0 Å². The number of amides is 1. The average Bonchev–Trinajstić information content (AvgIpc) is 2.50. The summed E-state index contributed by atoms with van der Waals surface area (Å²) < 4.78 is 5.33. The smallest absolute Gasteiger partial charge is 0.271 e. The summed E-state index contributed by atoms with van der Waals surface area (Å²) in [5.41, 5.74) is 5.14. The molecule has 0 unspecified atom stereocenters. The normalized spacial score (nSPS) is 10.6. The SMILES string of the molecule is CCOc1ccc(C(=O)N/N=C\c2ccccc2C)cc1. The van der Waals surface area contributed by atoms with E-state index in [1.54, 1.807) is 30.5 Å². The van der Waals surface area contributed by atoms with Crippen molar-refractivity contribution in [2.75, 3.05) is 6.61 Å². The topological polar surface area (TPSA) is 50.7 Å². The van der Waals surface area contributed by atoms with Crippen molar-refractivity contribution in [2.24, 2.45) is 5.10 Å². The van der Waals surface area contributed by atoms with E-state index in [0.29, 0.717) is 12.2 Å². The Labute approximate surface area is 124 Å². The first kappa shape index (κ1) is 14.8. The van der Waals surface area contributed by atoms with Gasteiger partial charge in [-0.15, -0.1) is 0 Å². The molecule has 0 radical (unpaired) electrons. The molecule has 0 aromatic heterocycles. The Morgan fingerprint density at radius 1 is 1.19 bits per heavy atom. The lowest BCUT2D eigenvalue weighted by atomic mass is 10.1. The van der Waals surface area contributed by atoms with E-state index in [1.165, 1.54) is 0 Å². The van der Waals surface area contributed by atoms with E-state index in [-0.39, 0.29) is 5.91 Å². The highest BCUT2D eigenvalue weighted by Crippen LogP contribution is 2.12. The first-order valence-electron chi connectivity index (χ1n) is 6.82. The van der Waals surface area contributed by atoms with Crippen LogP contribution < -0.4 is 10.2 Å². The molecule has 0 atom stereocenters. The number of carbonyl (C=O) groups excluding carboxylic acids is 1. The van der Waals surface area contributed by atoms with Gasteiger partial charge in [0.25, 0.3) is 5.91 Å². The lowest BCUT2D eigenvalue weighted by Gasteiger charge is -2.04. The van der Waals surface area contributed by atoms with E-state index >= 15 is 0 Å². The molecule has 0 saturated carbocycles. The highest BCUT2D eigenvalue weighted by Gasteiger charge is 2.04. The predicted molar refractivity (Wildman–Crippen MR) is 83.9 cm³/mol. The van der Waals surface area contributed by atoms with Gasteiger partial charge in [-0.2, -0.15) is 5.10 Å². The van der Waals surface area contributed by atoms with Gasteiger partial charge in [0, 0.05) is 5.56 Å². The van der Waals surface area contributed by atoms with Gasteiger partial charge in [-0.05, 0) is 49.2 Å². The predicted octanol–water partition coefficient (Wildman–Crippen LogP) is 3.16. The molecule has 0 heterocycles. The Balaban J connectivity index is 1.97. The molecule has 1 N–H and O–H groups in total. The summed E-state index contributed by atoms with van der Waals surface area (Å²) in [5.74, 6) is 0.500. The summed E-state index contributed by atoms with van der Waals surface area (Å²) in [6.45, 7) is 4.52. The van der Waals surface area contributed by atoms with Crippen LogP contribution in [0.3, 0.4) is 0 Å². The monoisotopic (exact) mass is 282 g/mol. The molecule has 0 bridgehead atoms. The van der Waals surface area contributed by atoms with Crippen LogP contribution in [-0.4, -0.2) is 18.7 Å². The molecule has 2 aromatic rings. The third-order valence-corrected chi connectivity index (χ3v) is 2.99. The molecular formula is C17H18N2O2. The third kappa shape index (κ3) is 4.18. The van der Waals surface area contributed by atoms with Crippen molar-refractivity contribution < 1.29 is 9.53 Å². The molecule has 1 amide bonds. The molecule has 4 nitrogen and oxygen atoms in total. The zero-order valence-electron chi connectivity index (χ0n) is 12.2. The van der Waals surface area contributed by atoms with Gasteiger partial charge in [0.2, 0.25) is 0 Å². The van der Waals surface area contributed by atoms with Crippen molar-refractivity contribution in [3.8, 4) is 5.75 Å². The van der Waals surface area contributed by atoms with Gasteiger partial charge in [-0.25, -0.2) is 5.43 Å². The van der Waals surface area contributed by atoms with Gasteiger partial charge < -0.3 is 4.74 Å². The Morgan fingerprint density at radius 2 is 1.90 bits per heavy atom. The zero-order chi connectivity index (χ0) is 15.1. The number of rotatable bonds is 5. The van der Waals surface area contributed by atoms with E-state index in [2.05, 4.69) is 10.5 Å². The molecule has 0 fully saturated rings. The summed E-state index contributed by atoms with van der Waals surface area (Å²) in [6.07, 6.45) is 1.64. The Kier molecular flexibility index (Phi) is 5.10. The summed E-state index contributed by atoms with van der Waals surface area (Å²) in [7, 11) is 0. The zero-order valence-corrected chi connectivity index (χ0v) is 12.2. The minimum atomic E-state index is -0.247. The van der Waals surface area contributed by atoms with E-state index in [4.69, 9.17) is 4.74 Å². The molecule has 0 aliphatic rings. The van der Waals surface area contributed by atoms with E-state index in [1.807, 2.05) is 38.1 Å². The maximum absolute atomic E-state index is 11.9. The molecule has 0 aliphatic heterocycles. The molecule has 0 saturated heterocycles. The highest BCUT2D eigenvalue weighted by molar-refractivity contribution is 5.95. The lowest BCUT2D eigenvalue weighted by Crippen LogP contribution is -2.17. The van der Waals surface area contributed by atoms with Crippen molar-refractivity contribution in [1.82, 2.24) is 5.43 Å².